The molecular weight excluding hydrogens is 196 g/mol. The lowest BCUT2D eigenvalue weighted by Crippen LogP contribution is -2.38. The summed E-state index contributed by atoms with van der Waals surface area (Å²) in [6, 6.07) is 0.307. The normalized spacial score (nSPS) is 20.8. The number of hydrogen-bond acceptors (Lipinski definition) is 2. The summed E-state index contributed by atoms with van der Waals surface area (Å²) in [4.78, 5) is 0. The van der Waals surface area contributed by atoms with Gasteiger partial charge in [-0.1, -0.05) is 34.1 Å². The van der Waals surface area contributed by atoms with Crippen LogP contribution < -0.4 is 11.1 Å². The molecule has 3 N–H and O–H groups in total. The van der Waals surface area contributed by atoms with E-state index in [4.69, 9.17) is 5.73 Å². The minimum atomic E-state index is 0.238. The number of hydrogen-bond donors (Lipinski definition) is 2. The van der Waals surface area contributed by atoms with Crippen LogP contribution >= 0.6 is 0 Å². The zero-order valence-electron chi connectivity index (χ0n) is 11.6. The number of nitrogens with one attached hydrogen (secondary N) is 1. The third kappa shape index (κ3) is 4.42. The van der Waals surface area contributed by atoms with Crippen molar-refractivity contribution in [2.75, 3.05) is 13.1 Å². The van der Waals surface area contributed by atoms with E-state index < -0.39 is 0 Å². The molecule has 0 bridgehead atoms. The van der Waals surface area contributed by atoms with Crippen molar-refractivity contribution in [3.63, 3.8) is 0 Å². The fourth-order valence-corrected chi connectivity index (χ4v) is 2.27. The minimum absolute atomic E-state index is 0.238. The third-order valence-electron chi connectivity index (χ3n) is 3.98. The van der Waals surface area contributed by atoms with Gasteiger partial charge in [0.15, 0.2) is 0 Å². The Morgan fingerprint density at radius 1 is 1.31 bits per heavy atom. The van der Waals surface area contributed by atoms with Gasteiger partial charge in [-0.3, -0.25) is 0 Å². The van der Waals surface area contributed by atoms with Gasteiger partial charge in [-0.25, -0.2) is 0 Å². The van der Waals surface area contributed by atoms with Crippen molar-refractivity contribution in [1.82, 2.24) is 5.32 Å². The van der Waals surface area contributed by atoms with Gasteiger partial charge in [0.1, 0.15) is 0 Å². The molecule has 96 valence electrons. The van der Waals surface area contributed by atoms with Gasteiger partial charge >= 0.3 is 0 Å². The van der Waals surface area contributed by atoms with E-state index in [0.29, 0.717) is 11.5 Å². The average molecular weight is 226 g/mol. The molecule has 0 aliphatic heterocycles. The summed E-state index contributed by atoms with van der Waals surface area (Å²) in [7, 11) is 0. The monoisotopic (exact) mass is 226 g/mol. The van der Waals surface area contributed by atoms with E-state index in [1.807, 2.05) is 0 Å². The molecule has 16 heavy (non-hydrogen) atoms. The molecule has 2 heteroatoms. The Hall–Kier alpha value is -0.0800. The first-order valence-corrected chi connectivity index (χ1v) is 6.86. The second-order valence-electron chi connectivity index (χ2n) is 6.69. The van der Waals surface area contributed by atoms with Crippen molar-refractivity contribution in [2.24, 2.45) is 16.6 Å². The molecule has 1 aliphatic carbocycles. The Bertz CT molecular complexity index is 201. The molecule has 0 aromatic heterocycles. The lowest BCUT2D eigenvalue weighted by Gasteiger charge is -2.27. The second-order valence-corrected chi connectivity index (χ2v) is 6.69. The van der Waals surface area contributed by atoms with E-state index in [0.717, 1.165) is 13.0 Å². The summed E-state index contributed by atoms with van der Waals surface area (Å²) in [5.41, 5.74) is 7.04. The third-order valence-corrected chi connectivity index (χ3v) is 3.98. The van der Waals surface area contributed by atoms with Crippen molar-refractivity contribution < 1.29 is 0 Å². The quantitative estimate of drug-likeness (QED) is 0.655. The molecule has 1 fully saturated rings. The summed E-state index contributed by atoms with van der Waals surface area (Å²) >= 11 is 0. The predicted octanol–water partition coefficient (Wildman–Crippen LogP) is 2.92. The highest BCUT2D eigenvalue weighted by Crippen LogP contribution is 2.48. The second kappa shape index (κ2) is 5.50. The van der Waals surface area contributed by atoms with E-state index in [9.17, 15) is 0 Å². The molecule has 1 atom stereocenters. The molecule has 0 amide bonds. The van der Waals surface area contributed by atoms with Gasteiger partial charge in [0.25, 0.3) is 0 Å². The van der Waals surface area contributed by atoms with Crippen LogP contribution in [-0.2, 0) is 0 Å². The maximum absolute atomic E-state index is 6.13. The molecule has 0 aromatic carbocycles. The van der Waals surface area contributed by atoms with E-state index in [-0.39, 0.29) is 5.41 Å². The van der Waals surface area contributed by atoms with E-state index in [1.165, 1.54) is 32.2 Å². The highest BCUT2D eigenvalue weighted by Gasteiger charge is 2.40. The molecule has 1 rings (SSSR count). The summed E-state index contributed by atoms with van der Waals surface area (Å²) in [5.74, 6) is 0. The highest BCUT2D eigenvalue weighted by molar-refractivity contribution is 4.94. The lowest BCUT2D eigenvalue weighted by atomic mass is 9.85. The van der Waals surface area contributed by atoms with Crippen LogP contribution in [0.2, 0.25) is 0 Å². The molecular formula is C14H30N2. The Balaban J connectivity index is 2.08. The van der Waals surface area contributed by atoms with E-state index in [1.54, 1.807) is 0 Å². The standard InChI is InChI=1S/C14H30N2/c1-5-7-14(8-9-14)11-16-10-6-12(15)13(2,3)4/h12,16H,5-11,15H2,1-4H3. The van der Waals surface area contributed by atoms with Gasteiger partial charge in [0.2, 0.25) is 0 Å². The van der Waals surface area contributed by atoms with Crippen LogP contribution in [0.4, 0.5) is 0 Å². The Kier molecular flexibility index (Phi) is 4.81. The Morgan fingerprint density at radius 3 is 2.38 bits per heavy atom. The van der Waals surface area contributed by atoms with Gasteiger partial charge in [0.05, 0.1) is 0 Å². The van der Waals surface area contributed by atoms with Crippen LogP contribution in [0.3, 0.4) is 0 Å². The smallest absolute Gasteiger partial charge is 0.00997 e. The van der Waals surface area contributed by atoms with Crippen LogP contribution in [0.25, 0.3) is 0 Å². The van der Waals surface area contributed by atoms with E-state index >= 15 is 0 Å². The lowest BCUT2D eigenvalue weighted by molar-refractivity contribution is 0.298. The van der Waals surface area contributed by atoms with Crippen molar-refractivity contribution in [3.05, 3.63) is 0 Å². The molecule has 1 aliphatic rings. The van der Waals surface area contributed by atoms with Gasteiger partial charge in [-0.05, 0) is 43.1 Å². The molecule has 0 spiro atoms. The zero-order chi connectivity index (χ0) is 12.2. The van der Waals surface area contributed by atoms with Crippen LogP contribution in [-0.4, -0.2) is 19.1 Å². The van der Waals surface area contributed by atoms with E-state index in [2.05, 4.69) is 33.0 Å². The SMILES string of the molecule is CCCC1(CNCCC(N)C(C)(C)C)CC1. The summed E-state index contributed by atoms with van der Waals surface area (Å²) in [5, 5.41) is 3.60. The van der Waals surface area contributed by atoms with Gasteiger partial charge < -0.3 is 11.1 Å². The first kappa shape index (κ1) is 14.0. The largest absolute Gasteiger partial charge is 0.327 e. The Morgan fingerprint density at radius 2 is 1.94 bits per heavy atom. The minimum Gasteiger partial charge on any atom is -0.327 e. The van der Waals surface area contributed by atoms with Gasteiger partial charge in [-0.2, -0.15) is 0 Å². The Labute approximate surface area is 101 Å². The van der Waals surface area contributed by atoms with Gasteiger partial charge in [-0.15, -0.1) is 0 Å². The maximum atomic E-state index is 6.13. The fourth-order valence-electron chi connectivity index (χ4n) is 2.27. The first-order chi connectivity index (χ1) is 7.40. The van der Waals surface area contributed by atoms with Crippen LogP contribution in [0, 0.1) is 10.8 Å². The predicted molar refractivity (Wildman–Crippen MR) is 71.5 cm³/mol. The molecule has 0 aromatic rings. The summed E-state index contributed by atoms with van der Waals surface area (Å²) < 4.78 is 0. The highest BCUT2D eigenvalue weighted by atomic mass is 14.9. The molecule has 0 heterocycles. The molecule has 1 unspecified atom stereocenters. The maximum Gasteiger partial charge on any atom is 0.00997 e. The molecule has 0 saturated heterocycles. The van der Waals surface area contributed by atoms with Crippen molar-refractivity contribution >= 4 is 0 Å². The van der Waals surface area contributed by atoms with Crippen molar-refractivity contribution in [1.29, 1.82) is 0 Å². The van der Waals surface area contributed by atoms with Crippen LogP contribution in [0.15, 0.2) is 0 Å². The van der Waals surface area contributed by atoms with Crippen molar-refractivity contribution in [2.45, 2.75) is 65.8 Å². The molecule has 1 saturated carbocycles. The van der Waals surface area contributed by atoms with Gasteiger partial charge in [0, 0.05) is 12.6 Å². The van der Waals surface area contributed by atoms with Crippen LogP contribution in [0.1, 0.15) is 59.8 Å². The average Bonchev–Trinajstić information content (AvgIpc) is 2.92. The molecule has 2 nitrogen and oxygen atoms in total. The topological polar surface area (TPSA) is 38.0 Å². The fraction of sp³-hybridized carbons (Fsp3) is 1.00. The summed E-state index contributed by atoms with van der Waals surface area (Å²) in [6.45, 7) is 11.2. The molecule has 0 radical (unpaired) electrons. The van der Waals surface area contributed by atoms with Crippen molar-refractivity contribution in [3.8, 4) is 0 Å². The zero-order valence-corrected chi connectivity index (χ0v) is 11.6. The number of nitrogens with two attached hydrogens (primary N) is 1. The number of rotatable bonds is 7. The summed E-state index contributed by atoms with van der Waals surface area (Å²) in [6.07, 6.45) is 6.67. The first-order valence-electron chi connectivity index (χ1n) is 6.86. The van der Waals surface area contributed by atoms with Crippen LogP contribution in [0.5, 0.6) is 0 Å².